The summed E-state index contributed by atoms with van der Waals surface area (Å²) in [5, 5.41) is 6.35. The van der Waals surface area contributed by atoms with Crippen LogP contribution >= 0.6 is 24.2 Å². The summed E-state index contributed by atoms with van der Waals surface area (Å²) in [5.74, 6) is 2.41. The van der Waals surface area contributed by atoms with Gasteiger partial charge in [0.05, 0.1) is 0 Å². The highest BCUT2D eigenvalue weighted by molar-refractivity contribution is 7.99. The Morgan fingerprint density at radius 2 is 2.40 bits per heavy atom. The van der Waals surface area contributed by atoms with Crippen LogP contribution < -0.4 is 10.6 Å². The van der Waals surface area contributed by atoms with Crippen LogP contribution in [0.4, 0.5) is 0 Å². The minimum absolute atomic E-state index is 0. The van der Waals surface area contributed by atoms with E-state index in [1.807, 2.05) is 18.7 Å². The van der Waals surface area contributed by atoms with Crippen LogP contribution in [0.5, 0.6) is 0 Å². The molecule has 0 spiro atoms. The maximum absolute atomic E-state index is 11.5. The summed E-state index contributed by atoms with van der Waals surface area (Å²) in [5.41, 5.74) is 0. The van der Waals surface area contributed by atoms with E-state index in [4.69, 9.17) is 0 Å². The minimum atomic E-state index is 0. The van der Waals surface area contributed by atoms with Crippen LogP contribution in [-0.2, 0) is 4.79 Å². The first-order chi connectivity index (χ1) is 6.72. The smallest absolute Gasteiger partial charge is 0.221 e. The normalized spacial score (nSPS) is 22.7. The van der Waals surface area contributed by atoms with Gasteiger partial charge in [0.15, 0.2) is 0 Å². The van der Waals surface area contributed by atoms with Crippen LogP contribution in [0, 0.1) is 0 Å². The summed E-state index contributed by atoms with van der Waals surface area (Å²) in [6, 6.07) is 0.677. The summed E-state index contributed by atoms with van der Waals surface area (Å²) in [6.45, 7) is 5.16. The predicted molar refractivity (Wildman–Crippen MR) is 68.9 cm³/mol. The van der Waals surface area contributed by atoms with Crippen LogP contribution in [0.3, 0.4) is 0 Å². The van der Waals surface area contributed by atoms with Gasteiger partial charge in [0.2, 0.25) is 5.91 Å². The van der Waals surface area contributed by atoms with Crippen molar-refractivity contribution in [1.82, 2.24) is 10.6 Å². The Morgan fingerprint density at radius 3 is 2.93 bits per heavy atom. The number of carbonyl (C=O) groups excluding carboxylic acids is 1. The van der Waals surface area contributed by atoms with E-state index in [2.05, 4.69) is 17.6 Å². The third-order valence-corrected chi connectivity index (χ3v) is 3.58. The van der Waals surface area contributed by atoms with E-state index in [0.717, 1.165) is 18.7 Å². The fourth-order valence-corrected chi connectivity index (χ4v) is 2.36. The van der Waals surface area contributed by atoms with Gasteiger partial charge in [0, 0.05) is 36.6 Å². The van der Waals surface area contributed by atoms with Crippen LogP contribution in [0.15, 0.2) is 0 Å². The molecule has 1 rings (SSSR count). The van der Waals surface area contributed by atoms with E-state index in [9.17, 15) is 4.79 Å². The Kier molecular flexibility index (Phi) is 8.29. The van der Waals surface area contributed by atoms with Gasteiger partial charge in [-0.25, -0.2) is 0 Å². The van der Waals surface area contributed by atoms with Gasteiger partial charge in [0.1, 0.15) is 0 Å². The third kappa shape index (κ3) is 6.28. The Bertz CT molecular complexity index is 186. The highest BCUT2D eigenvalue weighted by Crippen LogP contribution is 2.10. The van der Waals surface area contributed by atoms with Crippen LogP contribution in [0.25, 0.3) is 0 Å². The molecule has 90 valence electrons. The lowest BCUT2D eigenvalue weighted by Crippen LogP contribution is -2.42. The third-order valence-electron chi connectivity index (χ3n) is 2.45. The molecule has 2 unspecified atom stereocenters. The van der Waals surface area contributed by atoms with E-state index < -0.39 is 0 Å². The Balaban J connectivity index is 0.00000196. The molecule has 1 saturated heterocycles. The fourth-order valence-electron chi connectivity index (χ4n) is 1.41. The van der Waals surface area contributed by atoms with Gasteiger partial charge < -0.3 is 10.6 Å². The summed E-state index contributed by atoms with van der Waals surface area (Å²) >= 11 is 1.93. The maximum Gasteiger partial charge on any atom is 0.221 e. The number of hydrogen-bond donors (Lipinski definition) is 2. The molecule has 0 aromatic carbocycles. The molecule has 15 heavy (non-hydrogen) atoms. The Hall–Kier alpha value is 0.0700. The molecular formula is C10H21ClN2OS. The monoisotopic (exact) mass is 252 g/mol. The quantitative estimate of drug-likeness (QED) is 0.795. The average molecular weight is 253 g/mol. The van der Waals surface area contributed by atoms with Gasteiger partial charge in [-0.2, -0.15) is 11.8 Å². The standard InChI is InChI=1S/C10H20N2OS.ClH/c1-3-8(2)12-10(13)6-9-7-14-5-4-11-9;/h8-9,11H,3-7H2,1-2H3,(H,12,13);1H. The predicted octanol–water partition coefficient (Wildman–Crippen LogP) is 1.42. The number of halogens is 1. The first-order valence-corrected chi connectivity index (χ1v) is 6.48. The lowest BCUT2D eigenvalue weighted by atomic mass is 10.2. The van der Waals surface area contributed by atoms with Gasteiger partial charge in [-0.1, -0.05) is 6.92 Å². The van der Waals surface area contributed by atoms with Crippen molar-refractivity contribution in [3.63, 3.8) is 0 Å². The lowest BCUT2D eigenvalue weighted by Gasteiger charge is -2.23. The molecule has 2 N–H and O–H groups in total. The van der Waals surface area contributed by atoms with E-state index in [-0.39, 0.29) is 18.3 Å². The van der Waals surface area contributed by atoms with Gasteiger partial charge >= 0.3 is 0 Å². The number of thioether (sulfide) groups is 1. The van der Waals surface area contributed by atoms with Crippen molar-refractivity contribution in [2.75, 3.05) is 18.1 Å². The van der Waals surface area contributed by atoms with E-state index in [0.29, 0.717) is 18.5 Å². The topological polar surface area (TPSA) is 41.1 Å². The molecule has 0 radical (unpaired) electrons. The average Bonchev–Trinajstić information content (AvgIpc) is 2.19. The summed E-state index contributed by atoms with van der Waals surface area (Å²) < 4.78 is 0. The van der Waals surface area contributed by atoms with Gasteiger partial charge in [-0.15, -0.1) is 12.4 Å². The van der Waals surface area contributed by atoms with E-state index >= 15 is 0 Å². The summed E-state index contributed by atoms with van der Waals surface area (Å²) in [7, 11) is 0. The first-order valence-electron chi connectivity index (χ1n) is 5.33. The summed E-state index contributed by atoms with van der Waals surface area (Å²) in [4.78, 5) is 11.5. The SMILES string of the molecule is CCC(C)NC(=O)CC1CSCCN1.Cl. The van der Waals surface area contributed by atoms with Crippen molar-refractivity contribution in [2.24, 2.45) is 0 Å². The zero-order valence-corrected chi connectivity index (χ0v) is 11.0. The van der Waals surface area contributed by atoms with Crippen LogP contribution in [0.1, 0.15) is 26.7 Å². The molecule has 0 aliphatic carbocycles. The number of hydrogen-bond acceptors (Lipinski definition) is 3. The van der Waals surface area contributed by atoms with E-state index in [1.54, 1.807) is 0 Å². The zero-order valence-electron chi connectivity index (χ0n) is 9.41. The molecular weight excluding hydrogens is 232 g/mol. The molecule has 0 aromatic heterocycles. The highest BCUT2D eigenvalue weighted by atomic mass is 35.5. The molecule has 5 heteroatoms. The Morgan fingerprint density at radius 1 is 1.67 bits per heavy atom. The number of nitrogens with one attached hydrogen (secondary N) is 2. The number of rotatable bonds is 4. The maximum atomic E-state index is 11.5. The van der Waals surface area contributed by atoms with E-state index in [1.165, 1.54) is 5.75 Å². The molecule has 0 bridgehead atoms. The number of amides is 1. The van der Waals surface area contributed by atoms with Crippen molar-refractivity contribution in [3.8, 4) is 0 Å². The van der Waals surface area contributed by atoms with Crippen molar-refractivity contribution in [2.45, 2.75) is 38.8 Å². The van der Waals surface area contributed by atoms with Crippen molar-refractivity contribution < 1.29 is 4.79 Å². The number of carbonyl (C=O) groups is 1. The molecule has 1 amide bonds. The largest absolute Gasteiger partial charge is 0.354 e. The molecule has 0 aromatic rings. The minimum Gasteiger partial charge on any atom is -0.354 e. The molecule has 0 saturated carbocycles. The highest BCUT2D eigenvalue weighted by Gasteiger charge is 2.17. The lowest BCUT2D eigenvalue weighted by molar-refractivity contribution is -0.122. The second kappa shape index (κ2) is 8.25. The van der Waals surface area contributed by atoms with Crippen molar-refractivity contribution in [3.05, 3.63) is 0 Å². The van der Waals surface area contributed by atoms with Gasteiger partial charge in [0.25, 0.3) is 0 Å². The molecule has 1 fully saturated rings. The molecule has 1 aliphatic rings. The molecule has 1 heterocycles. The second-order valence-electron chi connectivity index (χ2n) is 3.81. The van der Waals surface area contributed by atoms with Crippen LogP contribution in [0.2, 0.25) is 0 Å². The fraction of sp³-hybridized carbons (Fsp3) is 0.900. The van der Waals surface area contributed by atoms with Crippen LogP contribution in [-0.4, -0.2) is 36.0 Å². The first kappa shape index (κ1) is 15.1. The zero-order chi connectivity index (χ0) is 10.4. The molecule has 2 atom stereocenters. The van der Waals surface area contributed by atoms with Gasteiger partial charge in [-0.3, -0.25) is 4.79 Å². The molecule has 3 nitrogen and oxygen atoms in total. The molecule has 1 aliphatic heterocycles. The second-order valence-corrected chi connectivity index (χ2v) is 4.96. The van der Waals surface area contributed by atoms with Crippen molar-refractivity contribution >= 4 is 30.1 Å². The van der Waals surface area contributed by atoms with Crippen molar-refractivity contribution in [1.29, 1.82) is 0 Å². The van der Waals surface area contributed by atoms with Gasteiger partial charge in [-0.05, 0) is 13.3 Å². The summed E-state index contributed by atoms with van der Waals surface area (Å²) in [6.07, 6.45) is 1.62. The Labute approximate surface area is 103 Å².